The van der Waals surface area contributed by atoms with Gasteiger partial charge in [0.25, 0.3) is 5.91 Å². The fourth-order valence-corrected chi connectivity index (χ4v) is 2.69. The van der Waals surface area contributed by atoms with Crippen molar-refractivity contribution in [2.24, 2.45) is 0 Å². The van der Waals surface area contributed by atoms with E-state index in [1.165, 1.54) is 28.3 Å². The molecular weight excluding hydrogens is 261 g/mol. The van der Waals surface area contributed by atoms with E-state index < -0.39 is 0 Å². The number of thiophene rings is 1. The van der Waals surface area contributed by atoms with Crippen LogP contribution in [-0.2, 0) is 6.42 Å². The van der Waals surface area contributed by atoms with Crippen LogP contribution >= 0.6 is 11.3 Å². The molecule has 0 aliphatic carbocycles. The average Bonchev–Trinajstić information content (AvgIpc) is 2.72. The molecule has 1 amide bonds. The molecule has 0 atom stereocenters. The van der Waals surface area contributed by atoms with Crippen LogP contribution in [0.4, 0.5) is 4.39 Å². The molecule has 0 aliphatic heterocycles. The van der Waals surface area contributed by atoms with Gasteiger partial charge >= 0.3 is 0 Å². The van der Waals surface area contributed by atoms with E-state index in [0.717, 1.165) is 16.0 Å². The summed E-state index contributed by atoms with van der Waals surface area (Å²) >= 11 is 1.51. The van der Waals surface area contributed by atoms with Gasteiger partial charge in [-0.2, -0.15) is 0 Å². The molecule has 4 heteroatoms. The lowest BCUT2D eigenvalue weighted by atomic mass is 10.1. The van der Waals surface area contributed by atoms with Crippen LogP contribution in [0.5, 0.6) is 0 Å². The number of hydrogen-bond donors (Lipinski definition) is 1. The van der Waals surface area contributed by atoms with Crippen molar-refractivity contribution in [1.29, 1.82) is 0 Å². The van der Waals surface area contributed by atoms with Crippen molar-refractivity contribution in [2.45, 2.75) is 20.3 Å². The topological polar surface area (TPSA) is 29.1 Å². The van der Waals surface area contributed by atoms with Gasteiger partial charge in [0.1, 0.15) is 5.82 Å². The summed E-state index contributed by atoms with van der Waals surface area (Å²) in [6.45, 7) is 4.57. The fourth-order valence-electron chi connectivity index (χ4n) is 1.74. The molecule has 2 nitrogen and oxygen atoms in total. The van der Waals surface area contributed by atoms with Crippen LogP contribution in [0, 0.1) is 19.7 Å². The normalized spacial score (nSPS) is 10.5. The first-order valence-corrected chi connectivity index (χ1v) is 6.97. The third kappa shape index (κ3) is 3.64. The Morgan fingerprint density at radius 1 is 1.26 bits per heavy atom. The number of rotatable bonds is 4. The summed E-state index contributed by atoms with van der Waals surface area (Å²) in [5.74, 6) is -0.277. The Morgan fingerprint density at radius 2 is 1.95 bits per heavy atom. The third-order valence-corrected chi connectivity index (χ3v) is 4.15. The highest BCUT2D eigenvalue weighted by Crippen LogP contribution is 2.20. The minimum atomic E-state index is -0.239. The van der Waals surface area contributed by atoms with Gasteiger partial charge < -0.3 is 5.32 Å². The summed E-state index contributed by atoms with van der Waals surface area (Å²) in [7, 11) is 0. The smallest absolute Gasteiger partial charge is 0.261 e. The highest BCUT2D eigenvalue weighted by atomic mass is 32.1. The molecule has 2 rings (SSSR count). The third-order valence-electron chi connectivity index (χ3n) is 3.00. The minimum Gasteiger partial charge on any atom is -0.351 e. The molecule has 1 heterocycles. The molecule has 19 heavy (non-hydrogen) atoms. The Kier molecular flexibility index (Phi) is 4.32. The number of aryl methyl sites for hydroxylation is 2. The van der Waals surface area contributed by atoms with Crippen molar-refractivity contribution in [3.05, 3.63) is 57.0 Å². The van der Waals surface area contributed by atoms with Gasteiger partial charge in [-0.05, 0) is 49.6 Å². The highest BCUT2D eigenvalue weighted by Gasteiger charge is 2.09. The molecular formula is C15H16FNOS. The van der Waals surface area contributed by atoms with Crippen LogP contribution in [-0.4, -0.2) is 12.5 Å². The number of hydrogen-bond acceptors (Lipinski definition) is 2. The molecule has 0 unspecified atom stereocenters. The van der Waals surface area contributed by atoms with Crippen LogP contribution in [0.15, 0.2) is 30.3 Å². The molecule has 2 aromatic rings. The van der Waals surface area contributed by atoms with Crippen molar-refractivity contribution in [2.75, 3.05) is 6.54 Å². The van der Waals surface area contributed by atoms with Crippen molar-refractivity contribution >= 4 is 17.2 Å². The number of amides is 1. The summed E-state index contributed by atoms with van der Waals surface area (Å²) in [5, 5.41) is 2.88. The van der Waals surface area contributed by atoms with Gasteiger partial charge in [0.2, 0.25) is 0 Å². The zero-order valence-electron chi connectivity index (χ0n) is 11.0. The maximum absolute atomic E-state index is 12.7. The highest BCUT2D eigenvalue weighted by molar-refractivity contribution is 7.14. The van der Waals surface area contributed by atoms with Gasteiger partial charge in [-0.25, -0.2) is 4.39 Å². The molecule has 0 radical (unpaired) electrons. The first kappa shape index (κ1) is 13.7. The Hall–Kier alpha value is -1.68. The quantitative estimate of drug-likeness (QED) is 0.911. The number of carbonyl (C=O) groups excluding carboxylic acids is 1. The average molecular weight is 277 g/mol. The zero-order chi connectivity index (χ0) is 13.8. The van der Waals surface area contributed by atoms with E-state index in [1.807, 2.05) is 19.9 Å². The number of halogens is 1. The van der Waals surface area contributed by atoms with Gasteiger partial charge in [-0.3, -0.25) is 4.79 Å². The molecule has 1 N–H and O–H groups in total. The maximum atomic E-state index is 12.7. The number of nitrogens with one attached hydrogen (secondary N) is 1. The Balaban J connectivity index is 1.85. The molecule has 0 aliphatic rings. The second kappa shape index (κ2) is 5.97. The van der Waals surface area contributed by atoms with Gasteiger partial charge in [-0.15, -0.1) is 11.3 Å². The fraction of sp³-hybridized carbons (Fsp3) is 0.267. The van der Waals surface area contributed by atoms with E-state index in [2.05, 4.69) is 5.32 Å². The molecule has 1 aromatic carbocycles. The van der Waals surface area contributed by atoms with E-state index in [4.69, 9.17) is 0 Å². The molecule has 0 saturated carbocycles. The lowest BCUT2D eigenvalue weighted by Crippen LogP contribution is -2.24. The SMILES string of the molecule is Cc1cc(C(=O)NCCc2ccc(F)cc2)sc1C. The van der Waals surface area contributed by atoms with Crippen molar-refractivity contribution in [3.8, 4) is 0 Å². The molecule has 0 spiro atoms. The van der Waals surface area contributed by atoms with Gasteiger partial charge in [0.15, 0.2) is 0 Å². The second-order valence-electron chi connectivity index (χ2n) is 4.48. The van der Waals surface area contributed by atoms with E-state index >= 15 is 0 Å². The van der Waals surface area contributed by atoms with Crippen LogP contribution in [0.2, 0.25) is 0 Å². The van der Waals surface area contributed by atoms with E-state index in [1.54, 1.807) is 12.1 Å². The van der Waals surface area contributed by atoms with E-state index in [-0.39, 0.29) is 11.7 Å². The van der Waals surface area contributed by atoms with Crippen molar-refractivity contribution in [3.63, 3.8) is 0 Å². The first-order chi connectivity index (χ1) is 9.06. The van der Waals surface area contributed by atoms with Gasteiger partial charge in [0.05, 0.1) is 4.88 Å². The summed E-state index contributed by atoms with van der Waals surface area (Å²) in [6.07, 6.45) is 0.704. The largest absolute Gasteiger partial charge is 0.351 e. The van der Waals surface area contributed by atoms with Crippen LogP contribution in [0.25, 0.3) is 0 Å². The van der Waals surface area contributed by atoms with E-state index in [9.17, 15) is 9.18 Å². The Labute approximate surface area is 116 Å². The van der Waals surface area contributed by atoms with Crippen LogP contribution in [0.1, 0.15) is 25.7 Å². The Morgan fingerprint density at radius 3 is 2.53 bits per heavy atom. The van der Waals surface area contributed by atoms with Crippen LogP contribution < -0.4 is 5.32 Å². The molecule has 0 saturated heterocycles. The monoisotopic (exact) mass is 277 g/mol. The van der Waals surface area contributed by atoms with Crippen molar-refractivity contribution in [1.82, 2.24) is 5.32 Å². The molecule has 100 valence electrons. The summed E-state index contributed by atoms with van der Waals surface area (Å²) in [5.41, 5.74) is 2.16. The van der Waals surface area contributed by atoms with Crippen molar-refractivity contribution < 1.29 is 9.18 Å². The lowest BCUT2D eigenvalue weighted by Gasteiger charge is -2.03. The standard InChI is InChI=1S/C15H16FNOS/c1-10-9-14(19-11(10)2)15(18)17-8-7-12-3-5-13(16)6-4-12/h3-6,9H,7-8H2,1-2H3,(H,17,18). The predicted octanol–water partition coefficient (Wildman–Crippen LogP) is 3.48. The molecule has 1 aromatic heterocycles. The summed E-state index contributed by atoms with van der Waals surface area (Å²) < 4.78 is 12.7. The van der Waals surface area contributed by atoms with Gasteiger partial charge in [-0.1, -0.05) is 12.1 Å². The predicted molar refractivity (Wildman–Crippen MR) is 76.2 cm³/mol. The number of benzene rings is 1. The van der Waals surface area contributed by atoms with Crippen LogP contribution in [0.3, 0.4) is 0 Å². The first-order valence-electron chi connectivity index (χ1n) is 6.16. The summed E-state index contributed by atoms with van der Waals surface area (Å²) in [6, 6.07) is 8.25. The zero-order valence-corrected chi connectivity index (χ0v) is 11.8. The maximum Gasteiger partial charge on any atom is 0.261 e. The molecule has 0 fully saturated rings. The number of carbonyl (C=O) groups is 1. The second-order valence-corrected chi connectivity index (χ2v) is 5.74. The molecule has 0 bridgehead atoms. The van der Waals surface area contributed by atoms with Gasteiger partial charge in [0, 0.05) is 11.4 Å². The minimum absolute atomic E-state index is 0.0386. The summed E-state index contributed by atoms with van der Waals surface area (Å²) in [4.78, 5) is 13.8. The lowest BCUT2D eigenvalue weighted by molar-refractivity contribution is 0.0958. The van der Waals surface area contributed by atoms with E-state index in [0.29, 0.717) is 13.0 Å². The Bertz CT molecular complexity index is 555.